The van der Waals surface area contributed by atoms with Crippen LogP contribution in [0.3, 0.4) is 0 Å². The molecule has 114 valence electrons. The second kappa shape index (κ2) is 5.69. The van der Waals surface area contributed by atoms with Gasteiger partial charge in [0.2, 0.25) is 5.56 Å². The summed E-state index contributed by atoms with van der Waals surface area (Å²) in [5, 5.41) is 21.7. The van der Waals surface area contributed by atoms with Gasteiger partial charge in [0, 0.05) is 11.8 Å². The van der Waals surface area contributed by atoms with Gasteiger partial charge in [0.1, 0.15) is 17.1 Å². The average molecular weight is 318 g/mol. The van der Waals surface area contributed by atoms with Gasteiger partial charge < -0.3 is 25.2 Å². The zero-order valence-electron chi connectivity index (χ0n) is 11.4. The predicted octanol–water partition coefficient (Wildman–Crippen LogP) is 2.57. The van der Waals surface area contributed by atoms with Crippen LogP contribution in [0.15, 0.2) is 42.5 Å². The van der Waals surface area contributed by atoms with Gasteiger partial charge in [-0.05, 0) is 24.3 Å². The lowest BCUT2D eigenvalue weighted by molar-refractivity contribution is 0.0694. The minimum Gasteiger partial charge on any atom is -0.507 e. The van der Waals surface area contributed by atoms with Crippen molar-refractivity contribution >= 4 is 30.0 Å². The highest BCUT2D eigenvalue weighted by atomic mass is 32.1. The third-order valence-corrected chi connectivity index (χ3v) is 3.74. The summed E-state index contributed by atoms with van der Waals surface area (Å²) < 4.78 is 5.61. The maximum atomic E-state index is 10.9. The maximum Gasteiger partial charge on any atom is 0.339 e. The van der Waals surface area contributed by atoms with Crippen molar-refractivity contribution in [2.45, 2.75) is 5.56 Å². The summed E-state index contributed by atoms with van der Waals surface area (Å²) >= 11 is 4.38. The Morgan fingerprint density at radius 2 is 2.09 bits per heavy atom. The van der Waals surface area contributed by atoms with Crippen molar-refractivity contribution in [3.8, 4) is 11.5 Å². The summed E-state index contributed by atoms with van der Waals surface area (Å²) in [6.45, 7) is 0.400. The van der Waals surface area contributed by atoms with Gasteiger partial charge in [-0.1, -0.05) is 12.1 Å². The standard InChI is InChI=1S/C15H14N2O4S/c18-12-7-9(5-6-10(12)14(19)20)16-8-17-11-3-1-2-4-13(11)21-15(17)22/h1-7,15-16,18,22H,8H2,(H,19,20). The maximum absolute atomic E-state index is 10.9. The van der Waals surface area contributed by atoms with E-state index in [1.54, 1.807) is 6.07 Å². The van der Waals surface area contributed by atoms with E-state index in [2.05, 4.69) is 17.9 Å². The molecule has 0 amide bonds. The first-order valence-corrected chi connectivity index (χ1v) is 7.08. The first kappa shape index (κ1) is 14.4. The highest BCUT2D eigenvalue weighted by Gasteiger charge is 2.27. The van der Waals surface area contributed by atoms with Crippen molar-refractivity contribution < 1.29 is 19.7 Å². The van der Waals surface area contributed by atoms with Gasteiger partial charge in [0.05, 0.1) is 12.4 Å². The van der Waals surface area contributed by atoms with Crippen LogP contribution in [-0.2, 0) is 0 Å². The third kappa shape index (κ3) is 2.62. The number of carboxylic acids is 1. The van der Waals surface area contributed by atoms with E-state index in [-0.39, 0.29) is 11.3 Å². The number of nitrogens with one attached hydrogen (secondary N) is 1. The molecule has 0 saturated carbocycles. The number of thiol groups is 1. The van der Waals surface area contributed by atoms with Gasteiger partial charge in [0.15, 0.2) is 0 Å². The molecule has 3 rings (SSSR count). The average Bonchev–Trinajstić information content (AvgIpc) is 2.80. The topological polar surface area (TPSA) is 82.0 Å². The lowest BCUT2D eigenvalue weighted by Crippen LogP contribution is -2.34. The lowest BCUT2D eigenvalue weighted by Gasteiger charge is -2.22. The smallest absolute Gasteiger partial charge is 0.339 e. The summed E-state index contributed by atoms with van der Waals surface area (Å²) in [4.78, 5) is 12.8. The van der Waals surface area contributed by atoms with Gasteiger partial charge in [0.25, 0.3) is 0 Å². The van der Waals surface area contributed by atoms with Crippen molar-refractivity contribution in [2.24, 2.45) is 0 Å². The first-order valence-electron chi connectivity index (χ1n) is 6.57. The van der Waals surface area contributed by atoms with E-state index in [9.17, 15) is 9.90 Å². The quantitative estimate of drug-likeness (QED) is 0.649. The Morgan fingerprint density at radius 3 is 2.82 bits per heavy atom. The summed E-state index contributed by atoms with van der Waals surface area (Å²) in [5.74, 6) is -0.687. The first-order chi connectivity index (χ1) is 10.6. The number of ether oxygens (including phenoxy) is 1. The number of hydrogen-bond acceptors (Lipinski definition) is 6. The van der Waals surface area contributed by atoms with Crippen LogP contribution in [0.25, 0.3) is 0 Å². The summed E-state index contributed by atoms with van der Waals surface area (Å²) in [6, 6.07) is 11.9. The SMILES string of the molecule is O=C(O)c1ccc(NCN2c3ccccc3OC2S)cc1O. The van der Waals surface area contributed by atoms with Gasteiger partial charge in [-0.3, -0.25) is 0 Å². The molecule has 1 atom stereocenters. The molecule has 3 N–H and O–H groups in total. The van der Waals surface area contributed by atoms with E-state index in [0.29, 0.717) is 12.4 Å². The highest BCUT2D eigenvalue weighted by molar-refractivity contribution is 7.80. The molecule has 1 heterocycles. The van der Waals surface area contributed by atoms with Crippen LogP contribution in [-0.4, -0.2) is 28.4 Å². The molecule has 0 aliphatic carbocycles. The fourth-order valence-electron chi connectivity index (χ4n) is 2.25. The van der Waals surface area contributed by atoms with Crippen LogP contribution in [0, 0.1) is 0 Å². The number of carbonyl (C=O) groups is 1. The van der Waals surface area contributed by atoms with E-state index < -0.39 is 11.5 Å². The number of phenols is 1. The summed E-state index contributed by atoms with van der Waals surface area (Å²) in [5.41, 5.74) is 0.984. The fourth-order valence-corrected chi connectivity index (χ4v) is 2.57. The molecular formula is C15H14N2O4S. The van der Waals surface area contributed by atoms with Crippen molar-refractivity contribution in [1.29, 1.82) is 0 Å². The Morgan fingerprint density at radius 1 is 1.32 bits per heavy atom. The molecule has 1 aliphatic rings. The summed E-state index contributed by atoms with van der Waals surface area (Å²) in [6.07, 6.45) is 0. The summed E-state index contributed by atoms with van der Waals surface area (Å²) in [7, 11) is 0. The number of hydrogen-bond donors (Lipinski definition) is 4. The van der Waals surface area contributed by atoms with E-state index in [1.807, 2.05) is 29.2 Å². The minimum absolute atomic E-state index is 0.132. The largest absolute Gasteiger partial charge is 0.507 e. The highest BCUT2D eigenvalue weighted by Crippen LogP contribution is 2.37. The Labute approximate surface area is 132 Å². The Bertz CT molecular complexity index is 722. The van der Waals surface area contributed by atoms with Gasteiger partial charge in [-0.25, -0.2) is 4.79 Å². The number of benzene rings is 2. The molecular weight excluding hydrogens is 304 g/mol. The Kier molecular flexibility index (Phi) is 3.72. The van der Waals surface area contributed by atoms with Crippen molar-refractivity contribution in [2.75, 3.05) is 16.9 Å². The van der Waals surface area contributed by atoms with Gasteiger partial charge >= 0.3 is 5.97 Å². The zero-order chi connectivity index (χ0) is 15.7. The normalized spacial score (nSPS) is 16.0. The van der Waals surface area contributed by atoms with E-state index in [4.69, 9.17) is 9.84 Å². The Balaban J connectivity index is 1.73. The molecule has 0 saturated heterocycles. The number of anilines is 2. The Hall–Kier alpha value is -2.54. The van der Waals surface area contributed by atoms with Crippen LogP contribution in [0.1, 0.15) is 10.4 Å². The van der Waals surface area contributed by atoms with Crippen LogP contribution in [0.5, 0.6) is 11.5 Å². The van der Waals surface area contributed by atoms with E-state index in [1.165, 1.54) is 12.1 Å². The fraction of sp³-hybridized carbons (Fsp3) is 0.133. The molecule has 22 heavy (non-hydrogen) atoms. The van der Waals surface area contributed by atoms with Crippen LogP contribution >= 0.6 is 12.6 Å². The molecule has 0 aromatic heterocycles. The number of carboxylic acid groups (broad SMARTS) is 1. The van der Waals surface area contributed by atoms with Crippen LogP contribution in [0.4, 0.5) is 11.4 Å². The molecule has 1 aliphatic heterocycles. The molecule has 6 nitrogen and oxygen atoms in total. The predicted molar refractivity (Wildman–Crippen MR) is 85.9 cm³/mol. The van der Waals surface area contributed by atoms with Crippen LogP contribution in [0.2, 0.25) is 0 Å². The minimum atomic E-state index is -1.17. The molecule has 2 aromatic rings. The van der Waals surface area contributed by atoms with Gasteiger partial charge in [-0.2, -0.15) is 0 Å². The number of nitrogens with zero attached hydrogens (tertiary/aromatic N) is 1. The lowest BCUT2D eigenvalue weighted by atomic mass is 10.2. The number of aromatic hydroxyl groups is 1. The molecule has 0 spiro atoms. The van der Waals surface area contributed by atoms with E-state index in [0.717, 1.165) is 11.4 Å². The van der Waals surface area contributed by atoms with Crippen LogP contribution < -0.4 is 15.0 Å². The van der Waals surface area contributed by atoms with Crippen molar-refractivity contribution in [3.05, 3.63) is 48.0 Å². The zero-order valence-corrected chi connectivity index (χ0v) is 12.3. The second-order valence-electron chi connectivity index (χ2n) is 4.75. The second-order valence-corrected chi connectivity index (χ2v) is 5.20. The number of fused-ring (bicyclic) bond motifs is 1. The number of aromatic carboxylic acids is 1. The number of rotatable bonds is 4. The molecule has 0 bridgehead atoms. The third-order valence-electron chi connectivity index (χ3n) is 3.36. The van der Waals surface area contributed by atoms with Gasteiger partial charge in [-0.15, -0.1) is 12.6 Å². The molecule has 1 unspecified atom stereocenters. The van der Waals surface area contributed by atoms with Crippen molar-refractivity contribution in [1.82, 2.24) is 0 Å². The molecule has 7 heteroatoms. The molecule has 2 aromatic carbocycles. The molecule has 0 fully saturated rings. The van der Waals surface area contributed by atoms with E-state index >= 15 is 0 Å². The number of para-hydroxylation sites is 2. The monoisotopic (exact) mass is 318 g/mol. The molecule has 0 radical (unpaired) electrons. The van der Waals surface area contributed by atoms with Crippen molar-refractivity contribution in [3.63, 3.8) is 0 Å².